The fourth-order valence-electron chi connectivity index (χ4n) is 3.91. The molecule has 1 atom stereocenters. The molecule has 2 fully saturated rings. The van der Waals surface area contributed by atoms with Crippen molar-refractivity contribution in [3.8, 4) is 0 Å². The molecule has 4 nitrogen and oxygen atoms in total. The standard InChI is InChI=1S/C18H20F2N4/c19-18(20)7-11-23(15-4-2-1-3-5-15)13-17(18)6-10-24(14-17)16-12-21-8-9-22-16/h1-5,8-9,12H,6-7,10-11,13-14H2. The van der Waals surface area contributed by atoms with Crippen molar-refractivity contribution in [2.75, 3.05) is 36.0 Å². The van der Waals surface area contributed by atoms with Crippen LogP contribution in [0.2, 0.25) is 0 Å². The summed E-state index contributed by atoms with van der Waals surface area (Å²) >= 11 is 0. The Morgan fingerprint density at radius 1 is 0.917 bits per heavy atom. The van der Waals surface area contributed by atoms with E-state index >= 15 is 0 Å². The van der Waals surface area contributed by atoms with E-state index < -0.39 is 11.3 Å². The monoisotopic (exact) mass is 330 g/mol. The second kappa shape index (κ2) is 5.69. The van der Waals surface area contributed by atoms with Crippen molar-refractivity contribution in [2.45, 2.75) is 18.8 Å². The number of anilines is 2. The lowest BCUT2D eigenvalue weighted by Crippen LogP contribution is -2.57. The molecule has 4 rings (SSSR count). The highest BCUT2D eigenvalue weighted by atomic mass is 19.3. The molecule has 3 heterocycles. The molecule has 1 unspecified atom stereocenters. The van der Waals surface area contributed by atoms with Crippen molar-refractivity contribution in [1.29, 1.82) is 0 Å². The van der Waals surface area contributed by atoms with Crippen molar-refractivity contribution >= 4 is 11.5 Å². The van der Waals surface area contributed by atoms with Crippen molar-refractivity contribution < 1.29 is 8.78 Å². The van der Waals surface area contributed by atoms with Gasteiger partial charge < -0.3 is 9.80 Å². The van der Waals surface area contributed by atoms with Crippen molar-refractivity contribution in [3.05, 3.63) is 48.9 Å². The Hall–Kier alpha value is -2.24. The van der Waals surface area contributed by atoms with Gasteiger partial charge in [-0.15, -0.1) is 0 Å². The summed E-state index contributed by atoms with van der Waals surface area (Å²) in [4.78, 5) is 12.4. The van der Waals surface area contributed by atoms with Gasteiger partial charge in [-0.1, -0.05) is 18.2 Å². The van der Waals surface area contributed by atoms with Gasteiger partial charge in [-0.05, 0) is 18.6 Å². The van der Waals surface area contributed by atoms with E-state index in [4.69, 9.17) is 0 Å². The maximum Gasteiger partial charge on any atom is 0.258 e. The first-order chi connectivity index (χ1) is 11.6. The third kappa shape index (κ3) is 2.50. The van der Waals surface area contributed by atoms with Crippen LogP contribution in [-0.2, 0) is 0 Å². The number of hydrogen-bond acceptors (Lipinski definition) is 4. The number of hydrogen-bond donors (Lipinski definition) is 0. The topological polar surface area (TPSA) is 32.3 Å². The molecule has 2 aliphatic heterocycles. The largest absolute Gasteiger partial charge is 0.370 e. The molecule has 1 aromatic heterocycles. The van der Waals surface area contributed by atoms with Gasteiger partial charge in [0.05, 0.1) is 11.6 Å². The molecular formula is C18H20F2N4. The van der Waals surface area contributed by atoms with Gasteiger partial charge in [0.25, 0.3) is 5.92 Å². The number of rotatable bonds is 2. The Balaban J connectivity index is 1.60. The van der Waals surface area contributed by atoms with Crippen LogP contribution in [0.5, 0.6) is 0 Å². The zero-order valence-electron chi connectivity index (χ0n) is 13.4. The minimum absolute atomic E-state index is 0.101. The first-order valence-corrected chi connectivity index (χ1v) is 8.29. The first-order valence-electron chi connectivity index (χ1n) is 8.29. The summed E-state index contributed by atoms with van der Waals surface area (Å²) in [6.07, 6.45) is 5.22. The van der Waals surface area contributed by atoms with E-state index in [0.29, 0.717) is 38.4 Å². The highest BCUT2D eigenvalue weighted by Gasteiger charge is 2.59. The molecule has 24 heavy (non-hydrogen) atoms. The molecule has 1 spiro atoms. The third-order valence-corrected chi connectivity index (χ3v) is 5.31. The summed E-state index contributed by atoms with van der Waals surface area (Å²) in [5.41, 5.74) is -0.0103. The summed E-state index contributed by atoms with van der Waals surface area (Å²) in [7, 11) is 0. The zero-order chi connectivity index (χ0) is 16.6. The van der Waals surface area contributed by atoms with Crippen LogP contribution in [0.15, 0.2) is 48.9 Å². The second-order valence-electron chi connectivity index (χ2n) is 6.73. The Bertz CT molecular complexity index is 695. The van der Waals surface area contributed by atoms with E-state index in [1.807, 2.05) is 35.2 Å². The molecule has 0 bridgehead atoms. The van der Waals surface area contributed by atoms with Gasteiger partial charge in [0.1, 0.15) is 5.82 Å². The van der Waals surface area contributed by atoms with Gasteiger partial charge in [-0.3, -0.25) is 4.98 Å². The second-order valence-corrected chi connectivity index (χ2v) is 6.73. The summed E-state index contributed by atoms with van der Waals surface area (Å²) in [6.45, 7) is 1.68. The number of aromatic nitrogens is 2. The Kier molecular flexibility index (Phi) is 3.62. The van der Waals surface area contributed by atoms with Gasteiger partial charge in [-0.2, -0.15) is 0 Å². The van der Waals surface area contributed by atoms with Crippen LogP contribution < -0.4 is 9.80 Å². The fourth-order valence-corrected chi connectivity index (χ4v) is 3.91. The van der Waals surface area contributed by atoms with Crippen LogP contribution in [0, 0.1) is 5.41 Å². The summed E-state index contributed by atoms with van der Waals surface area (Å²) in [6, 6.07) is 9.84. The van der Waals surface area contributed by atoms with Crippen molar-refractivity contribution in [1.82, 2.24) is 9.97 Å². The highest BCUT2D eigenvalue weighted by Crippen LogP contribution is 2.50. The lowest BCUT2D eigenvalue weighted by molar-refractivity contribution is -0.124. The first kappa shape index (κ1) is 15.3. The van der Waals surface area contributed by atoms with E-state index in [1.165, 1.54) is 0 Å². The van der Waals surface area contributed by atoms with Crippen LogP contribution in [0.4, 0.5) is 20.3 Å². The average molecular weight is 330 g/mol. The van der Waals surface area contributed by atoms with Gasteiger partial charge in [0, 0.05) is 50.7 Å². The molecule has 0 radical (unpaired) electrons. The predicted octanol–water partition coefficient (Wildman–Crippen LogP) is 3.22. The zero-order valence-corrected chi connectivity index (χ0v) is 13.4. The van der Waals surface area contributed by atoms with Crippen LogP contribution in [0.1, 0.15) is 12.8 Å². The average Bonchev–Trinajstić information content (AvgIpc) is 3.05. The van der Waals surface area contributed by atoms with Crippen LogP contribution in [0.25, 0.3) is 0 Å². The molecule has 6 heteroatoms. The lowest BCUT2D eigenvalue weighted by atomic mass is 9.75. The van der Waals surface area contributed by atoms with Crippen LogP contribution >= 0.6 is 0 Å². The highest BCUT2D eigenvalue weighted by molar-refractivity contribution is 5.48. The Morgan fingerprint density at radius 3 is 2.42 bits per heavy atom. The minimum Gasteiger partial charge on any atom is -0.370 e. The van der Waals surface area contributed by atoms with Gasteiger partial charge in [-0.25, -0.2) is 13.8 Å². The Labute approximate surface area is 140 Å². The molecule has 0 amide bonds. The number of para-hydroxylation sites is 1. The summed E-state index contributed by atoms with van der Waals surface area (Å²) < 4.78 is 29.7. The lowest BCUT2D eigenvalue weighted by Gasteiger charge is -2.46. The Morgan fingerprint density at radius 2 is 1.67 bits per heavy atom. The molecule has 2 aliphatic rings. The third-order valence-electron chi connectivity index (χ3n) is 5.31. The van der Waals surface area contributed by atoms with E-state index in [-0.39, 0.29) is 6.42 Å². The molecule has 2 saturated heterocycles. The number of piperidine rings is 1. The molecular weight excluding hydrogens is 310 g/mol. The number of alkyl halides is 2. The van der Waals surface area contributed by atoms with E-state index in [2.05, 4.69) is 14.9 Å². The van der Waals surface area contributed by atoms with E-state index in [9.17, 15) is 8.78 Å². The molecule has 0 aliphatic carbocycles. The normalized spacial score (nSPS) is 26.1. The quantitative estimate of drug-likeness (QED) is 0.846. The smallest absolute Gasteiger partial charge is 0.258 e. The van der Waals surface area contributed by atoms with E-state index in [1.54, 1.807) is 18.6 Å². The summed E-state index contributed by atoms with van der Waals surface area (Å²) in [5.74, 6) is -1.98. The number of halogens is 2. The molecule has 0 saturated carbocycles. The minimum atomic E-state index is -2.66. The van der Waals surface area contributed by atoms with Gasteiger partial charge >= 0.3 is 0 Å². The SMILES string of the molecule is FC1(F)CCN(c2ccccc2)CC12CCN(c1cnccn1)C2. The number of benzene rings is 1. The van der Waals surface area contributed by atoms with Gasteiger partial charge in [0.15, 0.2) is 0 Å². The van der Waals surface area contributed by atoms with Crippen LogP contribution in [-0.4, -0.2) is 42.1 Å². The molecule has 2 aromatic rings. The van der Waals surface area contributed by atoms with E-state index in [0.717, 1.165) is 5.69 Å². The molecule has 126 valence electrons. The van der Waals surface area contributed by atoms with Gasteiger partial charge in [0.2, 0.25) is 0 Å². The van der Waals surface area contributed by atoms with Crippen LogP contribution in [0.3, 0.4) is 0 Å². The fraction of sp³-hybridized carbons (Fsp3) is 0.444. The molecule has 0 N–H and O–H groups in total. The van der Waals surface area contributed by atoms with Crippen molar-refractivity contribution in [2.24, 2.45) is 5.41 Å². The summed E-state index contributed by atoms with van der Waals surface area (Å²) in [5, 5.41) is 0. The maximum atomic E-state index is 14.9. The predicted molar refractivity (Wildman–Crippen MR) is 89.5 cm³/mol. The van der Waals surface area contributed by atoms with Crippen molar-refractivity contribution in [3.63, 3.8) is 0 Å². The maximum absolute atomic E-state index is 14.9. The molecule has 1 aromatic carbocycles. The number of nitrogens with zero attached hydrogens (tertiary/aromatic N) is 4.